The van der Waals surface area contributed by atoms with E-state index in [0.717, 1.165) is 25.2 Å². The first-order valence-corrected chi connectivity index (χ1v) is 11.8. The van der Waals surface area contributed by atoms with Crippen molar-refractivity contribution in [3.63, 3.8) is 0 Å². The molecule has 0 rings (SSSR count). The SMILES string of the molecule is CCCC(C)CCCCCCCCCCCC(=O)OC(CC(=O)[O-])C[N+](C)(C)C. The summed E-state index contributed by atoms with van der Waals surface area (Å²) in [5, 5.41) is 10.9. The predicted octanol–water partition coefficient (Wildman–Crippen LogP) is 4.47. The van der Waals surface area contributed by atoms with Crippen LogP contribution in [0, 0.1) is 5.92 Å². The third-order valence-corrected chi connectivity index (χ3v) is 5.30. The van der Waals surface area contributed by atoms with Crippen molar-refractivity contribution in [1.82, 2.24) is 0 Å². The van der Waals surface area contributed by atoms with Crippen molar-refractivity contribution in [3.8, 4) is 0 Å². The number of carboxylic acids is 1. The van der Waals surface area contributed by atoms with E-state index >= 15 is 0 Å². The summed E-state index contributed by atoms with van der Waals surface area (Å²) in [5.74, 6) is -0.580. The summed E-state index contributed by atoms with van der Waals surface area (Å²) >= 11 is 0. The fraction of sp³-hybridized carbons (Fsp3) is 0.917. The molecule has 0 aliphatic rings. The first-order valence-electron chi connectivity index (χ1n) is 11.8. The predicted molar refractivity (Wildman–Crippen MR) is 117 cm³/mol. The molecule has 0 spiro atoms. The zero-order chi connectivity index (χ0) is 22.1. The molecule has 2 unspecified atom stereocenters. The van der Waals surface area contributed by atoms with Gasteiger partial charge in [-0.15, -0.1) is 0 Å². The van der Waals surface area contributed by atoms with Crippen LogP contribution >= 0.6 is 0 Å². The van der Waals surface area contributed by atoms with Crippen LogP contribution in [0.2, 0.25) is 0 Å². The zero-order valence-electron chi connectivity index (χ0n) is 19.8. The Morgan fingerprint density at radius 1 is 0.862 bits per heavy atom. The van der Waals surface area contributed by atoms with Gasteiger partial charge >= 0.3 is 5.97 Å². The molecule has 0 N–H and O–H groups in total. The van der Waals surface area contributed by atoms with Crippen molar-refractivity contribution in [3.05, 3.63) is 0 Å². The third kappa shape index (κ3) is 20.0. The lowest BCUT2D eigenvalue weighted by Gasteiger charge is -2.29. The van der Waals surface area contributed by atoms with Crippen LogP contribution in [0.1, 0.15) is 104 Å². The van der Waals surface area contributed by atoms with Crippen LogP contribution in [0.3, 0.4) is 0 Å². The largest absolute Gasteiger partial charge is 0.550 e. The monoisotopic (exact) mass is 413 g/mol. The van der Waals surface area contributed by atoms with Crippen molar-refractivity contribution in [2.24, 2.45) is 5.92 Å². The summed E-state index contributed by atoms with van der Waals surface area (Å²) in [5.41, 5.74) is 0. The highest BCUT2D eigenvalue weighted by molar-refractivity contribution is 5.70. The molecule has 29 heavy (non-hydrogen) atoms. The zero-order valence-corrected chi connectivity index (χ0v) is 19.8. The maximum atomic E-state index is 12.0. The van der Waals surface area contributed by atoms with E-state index < -0.39 is 12.1 Å². The fourth-order valence-corrected chi connectivity index (χ4v) is 3.82. The van der Waals surface area contributed by atoms with Gasteiger partial charge in [-0.3, -0.25) is 4.79 Å². The Morgan fingerprint density at radius 3 is 1.86 bits per heavy atom. The minimum atomic E-state index is -1.17. The number of carbonyl (C=O) groups excluding carboxylic acids is 2. The number of rotatable bonds is 19. The summed E-state index contributed by atoms with van der Waals surface area (Å²) in [7, 11) is 5.84. The Bertz CT molecular complexity index is 431. The number of quaternary nitrogens is 1. The normalized spacial score (nSPS) is 13.8. The number of unbranched alkanes of at least 4 members (excludes halogenated alkanes) is 8. The molecule has 2 atom stereocenters. The number of nitrogens with zero attached hydrogens (tertiary/aromatic N) is 1. The van der Waals surface area contributed by atoms with Gasteiger partial charge in [-0.25, -0.2) is 0 Å². The number of carbonyl (C=O) groups is 2. The van der Waals surface area contributed by atoms with Crippen LogP contribution in [-0.4, -0.2) is 50.2 Å². The van der Waals surface area contributed by atoms with E-state index in [4.69, 9.17) is 4.74 Å². The molecule has 0 aromatic rings. The van der Waals surface area contributed by atoms with Crippen molar-refractivity contribution in [2.45, 2.75) is 110 Å². The Balaban J connectivity index is 3.66. The van der Waals surface area contributed by atoms with E-state index in [1.165, 1.54) is 57.8 Å². The van der Waals surface area contributed by atoms with Gasteiger partial charge < -0.3 is 19.1 Å². The second kappa shape index (κ2) is 16.7. The lowest BCUT2D eigenvalue weighted by atomic mass is 9.98. The number of ether oxygens (including phenoxy) is 1. The second-order valence-electron chi connectivity index (χ2n) is 9.78. The highest BCUT2D eigenvalue weighted by Crippen LogP contribution is 2.16. The van der Waals surface area contributed by atoms with Crippen LogP contribution in [0.25, 0.3) is 0 Å². The molecule has 0 radical (unpaired) electrons. The standard InChI is InChI=1S/C24H47NO4/c1-6-16-21(2)17-14-12-10-8-7-9-11-13-15-18-24(28)29-22(19-23(26)27)20-25(3,4)5/h21-22H,6-20H2,1-5H3. The van der Waals surface area contributed by atoms with Crippen LogP contribution < -0.4 is 5.11 Å². The van der Waals surface area contributed by atoms with Gasteiger partial charge in [0, 0.05) is 18.8 Å². The van der Waals surface area contributed by atoms with Gasteiger partial charge in [0.2, 0.25) is 0 Å². The molecule has 5 heteroatoms. The van der Waals surface area contributed by atoms with Crippen LogP contribution in [-0.2, 0) is 14.3 Å². The summed E-state index contributed by atoms with van der Waals surface area (Å²) in [6, 6.07) is 0. The first-order chi connectivity index (χ1) is 13.6. The topological polar surface area (TPSA) is 66.4 Å². The second-order valence-corrected chi connectivity index (χ2v) is 9.78. The molecule has 0 aliphatic heterocycles. The smallest absolute Gasteiger partial charge is 0.306 e. The molecule has 172 valence electrons. The fourth-order valence-electron chi connectivity index (χ4n) is 3.82. The molecule has 0 aliphatic carbocycles. The van der Waals surface area contributed by atoms with Gasteiger partial charge in [-0.2, -0.15) is 0 Å². The molecule has 0 amide bonds. The quantitative estimate of drug-likeness (QED) is 0.178. The van der Waals surface area contributed by atoms with Gasteiger partial charge in [0.1, 0.15) is 6.54 Å². The number of hydrogen-bond acceptors (Lipinski definition) is 4. The van der Waals surface area contributed by atoms with E-state index in [1.54, 1.807) is 0 Å². The highest BCUT2D eigenvalue weighted by atomic mass is 16.5. The van der Waals surface area contributed by atoms with Crippen molar-refractivity contribution < 1.29 is 23.9 Å². The molecule has 0 heterocycles. The van der Waals surface area contributed by atoms with E-state index in [0.29, 0.717) is 17.4 Å². The van der Waals surface area contributed by atoms with Crippen molar-refractivity contribution in [1.29, 1.82) is 0 Å². The number of esters is 1. The Labute approximate surface area is 179 Å². The first kappa shape index (κ1) is 27.9. The van der Waals surface area contributed by atoms with E-state index in [-0.39, 0.29) is 12.4 Å². The maximum Gasteiger partial charge on any atom is 0.306 e. The number of hydrogen-bond donors (Lipinski definition) is 0. The average molecular weight is 414 g/mol. The molecule has 0 bridgehead atoms. The third-order valence-electron chi connectivity index (χ3n) is 5.30. The number of likely N-dealkylation sites (N-methyl/N-ethyl adjacent to an activating group) is 1. The van der Waals surface area contributed by atoms with E-state index in [9.17, 15) is 14.7 Å². The van der Waals surface area contributed by atoms with Crippen molar-refractivity contribution in [2.75, 3.05) is 27.7 Å². The maximum absolute atomic E-state index is 12.0. The Hall–Kier alpha value is -1.10. The summed E-state index contributed by atoms with van der Waals surface area (Å²) in [6.45, 7) is 5.10. The van der Waals surface area contributed by atoms with Gasteiger partial charge in [0.05, 0.1) is 21.1 Å². The van der Waals surface area contributed by atoms with Crippen LogP contribution in [0.5, 0.6) is 0 Å². The van der Waals surface area contributed by atoms with Gasteiger partial charge in [-0.05, 0) is 12.3 Å². The van der Waals surface area contributed by atoms with Gasteiger partial charge in [0.15, 0.2) is 6.10 Å². The van der Waals surface area contributed by atoms with E-state index in [2.05, 4.69) is 13.8 Å². The number of carboxylic acid groups (broad SMARTS) is 1. The van der Waals surface area contributed by atoms with Crippen LogP contribution in [0.4, 0.5) is 0 Å². The summed E-state index contributed by atoms with van der Waals surface area (Å²) in [4.78, 5) is 22.9. The molecule has 0 aromatic carbocycles. The van der Waals surface area contributed by atoms with Crippen molar-refractivity contribution >= 4 is 11.9 Å². The molecule has 0 aromatic heterocycles. The molecular weight excluding hydrogens is 366 g/mol. The van der Waals surface area contributed by atoms with Crippen LogP contribution in [0.15, 0.2) is 0 Å². The van der Waals surface area contributed by atoms with E-state index in [1.807, 2.05) is 21.1 Å². The molecular formula is C24H47NO4. The summed E-state index contributed by atoms with van der Waals surface area (Å²) < 4.78 is 5.92. The number of aliphatic carboxylic acids is 1. The minimum absolute atomic E-state index is 0.237. The Morgan fingerprint density at radius 2 is 1.38 bits per heavy atom. The lowest BCUT2D eigenvalue weighted by Crippen LogP contribution is -2.45. The molecule has 5 nitrogen and oxygen atoms in total. The Kier molecular flexibility index (Phi) is 16.0. The molecule has 0 saturated carbocycles. The van der Waals surface area contributed by atoms with Gasteiger partial charge in [0.25, 0.3) is 0 Å². The average Bonchev–Trinajstić information content (AvgIpc) is 2.57. The lowest BCUT2D eigenvalue weighted by molar-refractivity contribution is -0.873. The van der Waals surface area contributed by atoms with Gasteiger partial charge in [-0.1, -0.05) is 84.5 Å². The highest BCUT2D eigenvalue weighted by Gasteiger charge is 2.22. The molecule has 0 saturated heterocycles. The molecule has 0 fully saturated rings. The minimum Gasteiger partial charge on any atom is -0.550 e. The summed E-state index contributed by atoms with van der Waals surface area (Å²) in [6.07, 6.45) is 14.5.